The van der Waals surface area contributed by atoms with Crippen LogP contribution in [0.1, 0.15) is 12.5 Å². The van der Waals surface area contributed by atoms with Gasteiger partial charge in [-0.1, -0.05) is 6.07 Å². The van der Waals surface area contributed by atoms with Crippen molar-refractivity contribution < 1.29 is 4.74 Å². The van der Waals surface area contributed by atoms with E-state index in [1.54, 1.807) is 7.11 Å². The molecule has 3 nitrogen and oxygen atoms in total. The molecule has 2 unspecified atom stereocenters. The summed E-state index contributed by atoms with van der Waals surface area (Å²) in [6, 6.07) is 4.48. The minimum absolute atomic E-state index is 0.373. The van der Waals surface area contributed by atoms with Crippen molar-refractivity contribution in [1.29, 1.82) is 0 Å². The number of rotatable bonds is 2. The number of thioether (sulfide) groups is 1. The fraction of sp³-hybridized carbons (Fsp3) is 0.500. The van der Waals surface area contributed by atoms with E-state index in [-0.39, 0.29) is 0 Å². The van der Waals surface area contributed by atoms with Gasteiger partial charge >= 0.3 is 0 Å². The van der Waals surface area contributed by atoms with Crippen molar-refractivity contribution in [2.24, 2.45) is 5.73 Å². The number of nitrogens with one attached hydrogen (secondary N) is 1. The maximum Gasteiger partial charge on any atom is 0.143 e. The Morgan fingerprint density at radius 3 is 2.88 bits per heavy atom. The Bertz CT molecular complexity index is 395. The zero-order valence-electron chi connectivity index (χ0n) is 9.91. The summed E-state index contributed by atoms with van der Waals surface area (Å²) in [6.07, 6.45) is 0. The van der Waals surface area contributed by atoms with Gasteiger partial charge in [0.05, 0.1) is 12.8 Å². The molecule has 1 aliphatic rings. The molecule has 0 bridgehead atoms. The molecule has 0 radical (unpaired) electrons. The van der Waals surface area contributed by atoms with Crippen LogP contribution in [-0.2, 0) is 0 Å². The topological polar surface area (TPSA) is 47.3 Å². The number of methoxy groups -OCH3 is 1. The van der Waals surface area contributed by atoms with Crippen LogP contribution in [-0.4, -0.2) is 24.9 Å². The van der Waals surface area contributed by atoms with Crippen molar-refractivity contribution in [2.75, 3.05) is 19.0 Å². The molecule has 1 aromatic rings. The lowest BCUT2D eigenvalue weighted by Gasteiger charge is -2.32. The Balaban J connectivity index is 2.44. The summed E-state index contributed by atoms with van der Waals surface area (Å²) in [6.45, 7) is 4.97. The van der Waals surface area contributed by atoms with Gasteiger partial charge in [0.2, 0.25) is 0 Å². The molecule has 0 aromatic heterocycles. The SMILES string of the molecule is COc1ccc(C)c2c1NC(C)C(CN)S2. The average Bonchev–Trinajstić information content (AvgIpc) is 2.29. The van der Waals surface area contributed by atoms with E-state index >= 15 is 0 Å². The fourth-order valence-electron chi connectivity index (χ4n) is 1.95. The molecule has 0 fully saturated rings. The highest BCUT2D eigenvalue weighted by Crippen LogP contribution is 2.44. The minimum Gasteiger partial charge on any atom is -0.495 e. The first-order valence-electron chi connectivity index (χ1n) is 5.48. The van der Waals surface area contributed by atoms with Crippen LogP contribution < -0.4 is 15.8 Å². The molecule has 1 aliphatic heterocycles. The minimum atomic E-state index is 0.373. The average molecular weight is 238 g/mol. The molecular weight excluding hydrogens is 220 g/mol. The highest BCUT2D eigenvalue weighted by atomic mass is 32.2. The van der Waals surface area contributed by atoms with Gasteiger partial charge in [-0.25, -0.2) is 0 Å². The van der Waals surface area contributed by atoms with E-state index in [1.165, 1.54) is 10.5 Å². The summed E-state index contributed by atoms with van der Waals surface area (Å²) in [5, 5.41) is 3.92. The zero-order chi connectivity index (χ0) is 11.7. The molecule has 1 heterocycles. The summed E-state index contributed by atoms with van der Waals surface area (Å²) in [7, 11) is 1.71. The monoisotopic (exact) mass is 238 g/mol. The van der Waals surface area contributed by atoms with Crippen molar-refractivity contribution in [1.82, 2.24) is 0 Å². The molecule has 0 spiro atoms. The number of ether oxygens (including phenoxy) is 1. The molecular formula is C12H18N2OS. The molecule has 2 rings (SSSR count). The summed E-state index contributed by atoms with van der Waals surface area (Å²) in [4.78, 5) is 1.27. The number of benzene rings is 1. The number of hydrogen-bond donors (Lipinski definition) is 2. The zero-order valence-corrected chi connectivity index (χ0v) is 10.7. The van der Waals surface area contributed by atoms with Gasteiger partial charge in [-0.3, -0.25) is 0 Å². The lowest BCUT2D eigenvalue weighted by Crippen LogP contribution is -2.37. The Hall–Kier alpha value is -0.870. The smallest absolute Gasteiger partial charge is 0.143 e. The predicted molar refractivity (Wildman–Crippen MR) is 69.5 cm³/mol. The first kappa shape index (κ1) is 11.6. The first-order valence-corrected chi connectivity index (χ1v) is 6.36. The number of aryl methyl sites for hydroxylation is 1. The highest BCUT2D eigenvalue weighted by molar-refractivity contribution is 8.00. The number of anilines is 1. The summed E-state index contributed by atoms with van der Waals surface area (Å²) in [5.41, 5.74) is 8.17. The molecule has 88 valence electrons. The standard InChI is InChI=1S/C12H18N2OS/c1-7-4-5-9(15-3)11-12(7)16-10(6-13)8(2)14-11/h4-5,8,10,14H,6,13H2,1-3H3. The summed E-state index contributed by atoms with van der Waals surface area (Å²) >= 11 is 1.85. The van der Waals surface area contributed by atoms with E-state index in [1.807, 2.05) is 17.8 Å². The van der Waals surface area contributed by atoms with Gasteiger partial charge in [-0.15, -0.1) is 11.8 Å². The van der Waals surface area contributed by atoms with Gasteiger partial charge < -0.3 is 15.8 Å². The lowest BCUT2D eigenvalue weighted by molar-refractivity contribution is 0.414. The second kappa shape index (κ2) is 4.55. The van der Waals surface area contributed by atoms with Crippen LogP contribution >= 0.6 is 11.8 Å². The van der Waals surface area contributed by atoms with Gasteiger partial charge in [0, 0.05) is 22.7 Å². The third kappa shape index (κ3) is 1.87. The van der Waals surface area contributed by atoms with Crippen LogP contribution in [0.3, 0.4) is 0 Å². The highest BCUT2D eigenvalue weighted by Gasteiger charge is 2.27. The lowest BCUT2D eigenvalue weighted by atomic mass is 10.1. The number of hydrogen-bond acceptors (Lipinski definition) is 4. The summed E-state index contributed by atoms with van der Waals surface area (Å²) < 4.78 is 5.38. The van der Waals surface area contributed by atoms with Gasteiger partial charge in [-0.2, -0.15) is 0 Å². The fourth-order valence-corrected chi connectivity index (χ4v) is 3.16. The molecule has 4 heteroatoms. The largest absolute Gasteiger partial charge is 0.495 e. The summed E-state index contributed by atoms with van der Waals surface area (Å²) in [5.74, 6) is 0.912. The number of fused-ring (bicyclic) bond motifs is 1. The van der Waals surface area contributed by atoms with Crippen LogP contribution in [0, 0.1) is 6.92 Å². The van der Waals surface area contributed by atoms with E-state index in [2.05, 4.69) is 25.2 Å². The van der Waals surface area contributed by atoms with E-state index in [0.717, 1.165) is 11.4 Å². The van der Waals surface area contributed by atoms with Gasteiger partial charge in [0.15, 0.2) is 0 Å². The van der Waals surface area contributed by atoms with Crippen LogP contribution in [0.2, 0.25) is 0 Å². The molecule has 0 aliphatic carbocycles. The van der Waals surface area contributed by atoms with Crippen LogP contribution in [0.25, 0.3) is 0 Å². The van der Waals surface area contributed by atoms with E-state index in [4.69, 9.17) is 10.5 Å². The van der Waals surface area contributed by atoms with E-state index in [0.29, 0.717) is 17.8 Å². The second-order valence-corrected chi connectivity index (χ2v) is 5.36. The Kier molecular flexibility index (Phi) is 3.30. The second-order valence-electron chi connectivity index (χ2n) is 4.11. The van der Waals surface area contributed by atoms with Crippen molar-refractivity contribution in [2.45, 2.75) is 30.0 Å². The quantitative estimate of drug-likeness (QED) is 0.829. The van der Waals surface area contributed by atoms with Crippen LogP contribution in [0.5, 0.6) is 5.75 Å². The van der Waals surface area contributed by atoms with Crippen LogP contribution in [0.15, 0.2) is 17.0 Å². The van der Waals surface area contributed by atoms with Crippen molar-refractivity contribution in [3.05, 3.63) is 17.7 Å². The molecule has 16 heavy (non-hydrogen) atoms. The van der Waals surface area contributed by atoms with Gasteiger partial charge in [-0.05, 0) is 25.5 Å². The van der Waals surface area contributed by atoms with E-state index in [9.17, 15) is 0 Å². The molecule has 3 N–H and O–H groups in total. The Morgan fingerprint density at radius 2 is 2.25 bits per heavy atom. The Labute approximate surface area is 101 Å². The van der Waals surface area contributed by atoms with Crippen molar-refractivity contribution in [3.8, 4) is 5.75 Å². The van der Waals surface area contributed by atoms with Crippen LogP contribution in [0.4, 0.5) is 5.69 Å². The predicted octanol–water partition coefficient (Wildman–Crippen LogP) is 2.24. The van der Waals surface area contributed by atoms with Gasteiger partial charge in [0.1, 0.15) is 5.75 Å². The molecule has 0 saturated carbocycles. The normalized spacial score (nSPS) is 23.5. The molecule has 0 saturated heterocycles. The molecule has 2 atom stereocenters. The van der Waals surface area contributed by atoms with Crippen molar-refractivity contribution >= 4 is 17.4 Å². The maximum atomic E-state index is 5.78. The third-order valence-corrected chi connectivity index (χ3v) is 4.63. The first-order chi connectivity index (χ1) is 7.67. The molecule has 1 aromatic carbocycles. The third-order valence-electron chi connectivity index (χ3n) is 2.97. The number of nitrogens with two attached hydrogens (primary N) is 1. The maximum absolute atomic E-state index is 5.78. The van der Waals surface area contributed by atoms with E-state index < -0.39 is 0 Å². The molecule has 0 amide bonds. The van der Waals surface area contributed by atoms with Crippen molar-refractivity contribution in [3.63, 3.8) is 0 Å². The van der Waals surface area contributed by atoms with Gasteiger partial charge in [0.25, 0.3) is 0 Å². The Morgan fingerprint density at radius 1 is 1.50 bits per heavy atom.